The molecule has 0 spiro atoms. The van der Waals surface area contributed by atoms with Crippen LogP contribution in [0.1, 0.15) is 32.3 Å². The monoisotopic (exact) mass is 267 g/mol. The summed E-state index contributed by atoms with van der Waals surface area (Å²) in [5.74, 6) is 1.51. The molecular formula is C15H25NO3. The number of aliphatic hydroxyl groups excluding tert-OH is 1. The van der Waals surface area contributed by atoms with Crippen LogP contribution in [0.2, 0.25) is 0 Å². The number of benzene rings is 1. The summed E-state index contributed by atoms with van der Waals surface area (Å²) in [5, 5.41) is 12.1. The predicted octanol–water partition coefficient (Wildman–Crippen LogP) is 2.34. The van der Waals surface area contributed by atoms with Crippen molar-refractivity contribution in [2.24, 2.45) is 0 Å². The van der Waals surface area contributed by atoms with E-state index < -0.39 is 0 Å². The number of rotatable bonds is 9. The van der Waals surface area contributed by atoms with Crippen LogP contribution in [0, 0.1) is 0 Å². The van der Waals surface area contributed by atoms with Crippen LogP contribution in [0.3, 0.4) is 0 Å². The Morgan fingerprint density at radius 1 is 1.21 bits per heavy atom. The standard InChI is InChI=1S/C15H25NO3/c1-12(2)16-11-13-6-7-14(18-3)15(10-13)19-9-5-4-8-17/h6-7,10,12,16-17H,4-5,8-9,11H2,1-3H3. The van der Waals surface area contributed by atoms with E-state index in [1.54, 1.807) is 7.11 Å². The van der Waals surface area contributed by atoms with Gasteiger partial charge in [0.15, 0.2) is 11.5 Å². The maximum atomic E-state index is 8.74. The second kappa shape index (κ2) is 8.77. The van der Waals surface area contributed by atoms with Crippen molar-refractivity contribution in [3.63, 3.8) is 0 Å². The van der Waals surface area contributed by atoms with Crippen LogP contribution in [0.4, 0.5) is 0 Å². The van der Waals surface area contributed by atoms with Gasteiger partial charge in [0.1, 0.15) is 0 Å². The molecule has 4 nitrogen and oxygen atoms in total. The normalized spacial score (nSPS) is 10.8. The molecule has 0 bridgehead atoms. The van der Waals surface area contributed by atoms with Gasteiger partial charge in [0.2, 0.25) is 0 Å². The van der Waals surface area contributed by atoms with E-state index in [-0.39, 0.29) is 6.61 Å². The SMILES string of the molecule is COc1ccc(CNC(C)C)cc1OCCCCO. The molecule has 0 saturated carbocycles. The fourth-order valence-corrected chi connectivity index (χ4v) is 1.66. The quantitative estimate of drug-likeness (QED) is 0.674. The third-order valence-corrected chi connectivity index (χ3v) is 2.75. The van der Waals surface area contributed by atoms with Crippen molar-refractivity contribution < 1.29 is 14.6 Å². The molecule has 19 heavy (non-hydrogen) atoms. The molecule has 0 radical (unpaired) electrons. The van der Waals surface area contributed by atoms with E-state index >= 15 is 0 Å². The van der Waals surface area contributed by atoms with Crippen LogP contribution in [0.5, 0.6) is 11.5 Å². The first-order chi connectivity index (χ1) is 9.17. The fourth-order valence-electron chi connectivity index (χ4n) is 1.66. The first-order valence-electron chi connectivity index (χ1n) is 6.81. The summed E-state index contributed by atoms with van der Waals surface area (Å²) in [5.41, 5.74) is 1.17. The van der Waals surface area contributed by atoms with E-state index in [9.17, 15) is 0 Å². The molecule has 0 saturated heterocycles. The minimum atomic E-state index is 0.207. The summed E-state index contributed by atoms with van der Waals surface area (Å²) in [4.78, 5) is 0. The summed E-state index contributed by atoms with van der Waals surface area (Å²) < 4.78 is 11.0. The lowest BCUT2D eigenvalue weighted by molar-refractivity contribution is 0.247. The third kappa shape index (κ3) is 5.94. The highest BCUT2D eigenvalue weighted by Crippen LogP contribution is 2.28. The van der Waals surface area contributed by atoms with Crippen LogP contribution in [0.15, 0.2) is 18.2 Å². The highest BCUT2D eigenvalue weighted by Gasteiger charge is 2.06. The van der Waals surface area contributed by atoms with Gasteiger partial charge in [0.05, 0.1) is 13.7 Å². The van der Waals surface area contributed by atoms with Crippen molar-refractivity contribution in [1.82, 2.24) is 5.32 Å². The Labute approximate surface area is 115 Å². The Kier molecular flexibility index (Phi) is 7.30. The molecule has 0 amide bonds. The summed E-state index contributed by atoms with van der Waals surface area (Å²) in [6.45, 7) is 5.86. The topological polar surface area (TPSA) is 50.7 Å². The zero-order chi connectivity index (χ0) is 14.1. The van der Waals surface area contributed by atoms with Crippen molar-refractivity contribution >= 4 is 0 Å². The molecule has 0 aromatic heterocycles. The fraction of sp³-hybridized carbons (Fsp3) is 0.600. The van der Waals surface area contributed by atoms with Crippen molar-refractivity contribution in [3.05, 3.63) is 23.8 Å². The minimum Gasteiger partial charge on any atom is -0.493 e. The molecule has 2 N–H and O–H groups in total. The zero-order valence-electron chi connectivity index (χ0n) is 12.1. The summed E-state index contributed by atoms with van der Waals surface area (Å²) in [6.07, 6.45) is 1.60. The number of ether oxygens (including phenoxy) is 2. The van der Waals surface area contributed by atoms with E-state index in [0.29, 0.717) is 12.6 Å². The van der Waals surface area contributed by atoms with Gasteiger partial charge in [-0.25, -0.2) is 0 Å². The van der Waals surface area contributed by atoms with Crippen LogP contribution < -0.4 is 14.8 Å². The smallest absolute Gasteiger partial charge is 0.161 e. The molecule has 0 unspecified atom stereocenters. The molecule has 1 aromatic carbocycles. The number of unbranched alkanes of at least 4 members (excludes halogenated alkanes) is 1. The van der Waals surface area contributed by atoms with E-state index in [4.69, 9.17) is 14.6 Å². The molecular weight excluding hydrogens is 242 g/mol. The molecule has 0 heterocycles. The van der Waals surface area contributed by atoms with Crippen molar-refractivity contribution in [2.45, 2.75) is 39.3 Å². The lowest BCUT2D eigenvalue weighted by Crippen LogP contribution is -2.21. The highest BCUT2D eigenvalue weighted by atomic mass is 16.5. The molecule has 0 aliphatic rings. The van der Waals surface area contributed by atoms with Gasteiger partial charge in [-0.3, -0.25) is 0 Å². The van der Waals surface area contributed by atoms with Gasteiger partial charge in [0, 0.05) is 19.2 Å². The molecule has 1 aromatic rings. The first-order valence-corrected chi connectivity index (χ1v) is 6.81. The average molecular weight is 267 g/mol. The summed E-state index contributed by atoms with van der Waals surface area (Å²) >= 11 is 0. The van der Waals surface area contributed by atoms with Gasteiger partial charge in [-0.15, -0.1) is 0 Å². The van der Waals surface area contributed by atoms with Crippen LogP contribution in [0.25, 0.3) is 0 Å². The lowest BCUT2D eigenvalue weighted by atomic mass is 10.2. The minimum absolute atomic E-state index is 0.207. The number of nitrogens with one attached hydrogen (secondary N) is 1. The van der Waals surface area contributed by atoms with E-state index in [2.05, 4.69) is 19.2 Å². The highest BCUT2D eigenvalue weighted by molar-refractivity contribution is 5.42. The lowest BCUT2D eigenvalue weighted by Gasteiger charge is -2.13. The Morgan fingerprint density at radius 2 is 2.00 bits per heavy atom. The van der Waals surface area contributed by atoms with Gasteiger partial charge >= 0.3 is 0 Å². The van der Waals surface area contributed by atoms with Gasteiger partial charge < -0.3 is 19.9 Å². The Balaban J connectivity index is 2.61. The predicted molar refractivity (Wildman–Crippen MR) is 76.8 cm³/mol. The second-order valence-electron chi connectivity index (χ2n) is 4.80. The van der Waals surface area contributed by atoms with Crippen LogP contribution in [-0.4, -0.2) is 31.5 Å². The Bertz CT molecular complexity index is 366. The first kappa shape index (κ1) is 15.8. The van der Waals surface area contributed by atoms with Gasteiger partial charge in [0.25, 0.3) is 0 Å². The molecule has 108 valence electrons. The van der Waals surface area contributed by atoms with Gasteiger partial charge in [-0.2, -0.15) is 0 Å². The number of aliphatic hydroxyl groups is 1. The molecule has 4 heteroatoms. The van der Waals surface area contributed by atoms with Crippen molar-refractivity contribution in [2.75, 3.05) is 20.3 Å². The summed E-state index contributed by atoms with van der Waals surface area (Å²) in [6, 6.07) is 6.43. The molecule has 0 fully saturated rings. The second-order valence-corrected chi connectivity index (χ2v) is 4.80. The number of hydrogen-bond donors (Lipinski definition) is 2. The van der Waals surface area contributed by atoms with Crippen molar-refractivity contribution in [3.8, 4) is 11.5 Å². The number of methoxy groups -OCH3 is 1. The van der Waals surface area contributed by atoms with Gasteiger partial charge in [-0.1, -0.05) is 19.9 Å². The zero-order valence-corrected chi connectivity index (χ0v) is 12.1. The maximum Gasteiger partial charge on any atom is 0.161 e. The van der Waals surface area contributed by atoms with Crippen molar-refractivity contribution in [1.29, 1.82) is 0 Å². The van der Waals surface area contributed by atoms with E-state index in [1.165, 1.54) is 5.56 Å². The molecule has 0 atom stereocenters. The van der Waals surface area contributed by atoms with E-state index in [1.807, 2.05) is 18.2 Å². The van der Waals surface area contributed by atoms with Crippen LogP contribution in [-0.2, 0) is 6.54 Å². The van der Waals surface area contributed by atoms with E-state index in [0.717, 1.165) is 30.9 Å². The molecule has 0 aliphatic carbocycles. The van der Waals surface area contributed by atoms with Gasteiger partial charge in [-0.05, 0) is 30.5 Å². The molecule has 0 aliphatic heterocycles. The molecule has 1 rings (SSSR count). The Morgan fingerprint density at radius 3 is 2.63 bits per heavy atom. The maximum absolute atomic E-state index is 8.74. The average Bonchev–Trinajstić information content (AvgIpc) is 2.41. The third-order valence-electron chi connectivity index (χ3n) is 2.75. The van der Waals surface area contributed by atoms with Crippen LogP contribution >= 0.6 is 0 Å². The number of hydrogen-bond acceptors (Lipinski definition) is 4. The largest absolute Gasteiger partial charge is 0.493 e. The Hall–Kier alpha value is -1.26. The summed E-state index contributed by atoms with van der Waals surface area (Å²) in [7, 11) is 1.64.